The van der Waals surface area contributed by atoms with Crippen molar-refractivity contribution < 1.29 is 14.7 Å². The number of hydrogen-bond acceptors (Lipinski definition) is 3. The monoisotopic (exact) mass is 178 g/mol. The normalized spacial score (nSPS) is 11.8. The van der Waals surface area contributed by atoms with Crippen LogP contribution in [0.3, 0.4) is 0 Å². The molecule has 0 saturated carbocycles. The second-order valence-electron chi connectivity index (χ2n) is 1.80. The summed E-state index contributed by atoms with van der Waals surface area (Å²) in [5.41, 5.74) is 0. The highest BCUT2D eigenvalue weighted by atomic mass is 32.1. The van der Waals surface area contributed by atoms with E-state index in [4.69, 9.17) is 5.11 Å². The van der Waals surface area contributed by atoms with Gasteiger partial charge in [0.25, 0.3) is 0 Å². The number of likely N-dealkylation sites (N-methyl/N-ethyl adjacent to an activating group) is 1. The van der Waals surface area contributed by atoms with Crippen molar-refractivity contribution in [3.63, 3.8) is 0 Å². The second-order valence-corrected chi connectivity index (χ2v) is 2.16. The highest BCUT2D eigenvalue weighted by Crippen LogP contribution is 1.87. The largest absolute Gasteiger partial charge is 0.465 e. The zero-order valence-corrected chi connectivity index (χ0v) is 6.89. The van der Waals surface area contributed by atoms with Gasteiger partial charge in [0.1, 0.15) is 6.04 Å². The van der Waals surface area contributed by atoms with Crippen LogP contribution in [-0.4, -0.2) is 35.9 Å². The molecule has 0 aromatic rings. The third-order valence-electron chi connectivity index (χ3n) is 1.04. The number of nitrogens with one attached hydrogen (secondary N) is 2. The molecule has 11 heavy (non-hydrogen) atoms. The van der Waals surface area contributed by atoms with Crippen LogP contribution >= 0.6 is 12.6 Å². The van der Waals surface area contributed by atoms with E-state index in [0.29, 0.717) is 0 Å². The van der Waals surface area contributed by atoms with Crippen molar-refractivity contribution in [3.05, 3.63) is 0 Å². The lowest BCUT2D eigenvalue weighted by Crippen LogP contribution is -2.46. The van der Waals surface area contributed by atoms with Gasteiger partial charge in [0.15, 0.2) is 0 Å². The molecule has 0 aliphatic heterocycles. The summed E-state index contributed by atoms with van der Waals surface area (Å²) in [6.07, 6.45) is -1.23. The van der Waals surface area contributed by atoms with Gasteiger partial charge in [0.2, 0.25) is 5.91 Å². The number of carboxylic acid groups (broad SMARTS) is 1. The summed E-state index contributed by atoms with van der Waals surface area (Å²) in [6, 6.07) is -0.777. The Morgan fingerprint density at radius 2 is 2.18 bits per heavy atom. The van der Waals surface area contributed by atoms with Gasteiger partial charge in [0, 0.05) is 12.8 Å². The van der Waals surface area contributed by atoms with Crippen molar-refractivity contribution in [2.24, 2.45) is 0 Å². The van der Waals surface area contributed by atoms with Crippen LogP contribution in [0.4, 0.5) is 4.79 Å². The molecule has 0 saturated heterocycles. The molecule has 0 heterocycles. The Bertz CT molecular complexity index is 162. The number of amides is 2. The first kappa shape index (κ1) is 10.1. The van der Waals surface area contributed by atoms with Gasteiger partial charge >= 0.3 is 6.09 Å². The van der Waals surface area contributed by atoms with Crippen molar-refractivity contribution in [2.75, 3.05) is 12.8 Å². The number of carbonyl (C=O) groups excluding carboxylic acids is 1. The molecule has 5 nitrogen and oxygen atoms in total. The molecule has 0 rings (SSSR count). The van der Waals surface area contributed by atoms with Crippen LogP contribution in [0.25, 0.3) is 0 Å². The fourth-order valence-corrected chi connectivity index (χ4v) is 0.774. The molecule has 0 spiro atoms. The highest BCUT2D eigenvalue weighted by Gasteiger charge is 2.16. The first-order chi connectivity index (χ1) is 5.11. The fraction of sp³-hybridized carbons (Fsp3) is 0.600. The minimum atomic E-state index is -1.23. The second kappa shape index (κ2) is 4.84. The molecule has 0 aromatic heterocycles. The standard InChI is InChI=1S/C5H10N2O3S/c1-6-4(8)3(2-11)7-5(9)10/h3,7,11H,2H2,1H3,(H,6,8)(H,9,10)/t3-/m0/s1. The average Bonchev–Trinajstić information content (AvgIpc) is 1.98. The van der Waals surface area contributed by atoms with Crippen molar-refractivity contribution >= 4 is 24.6 Å². The fourth-order valence-electron chi connectivity index (χ4n) is 0.517. The summed E-state index contributed by atoms with van der Waals surface area (Å²) >= 11 is 3.80. The summed E-state index contributed by atoms with van der Waals surface area (Å²) in [5, 5.41) is 12.6. The zero-order chi connectivity index (χ0) is 8.85. The average molecular weight is 178 g/mol. The van der Waals surface area contributed by atoms with Gasteiger partial charge in [0.05, 0.1) is 0 Å². The summed E-state index contributed by atoms with van der Waals surface area (Å²) in [7, 11) is 1.43. The van der Waals surface area contributed by atoms with Crippen LogP contribution in [0.15, 0.2) is 0 Å². The van der Waals surface area contributed by atoms with Gasteiger partial charge < -0.3 is 15.7 Å². The lowest BCUT2D eigenvalue weighted by atomic mass is 10.3. The number of carbonyl (C=O) groups is 2. The first-order valence-corrected chi connectivity index (χ1v) is 3.57. The molecule has 0 aromatic carbocycles. The Morgan fingerprint density at radius 3 is 2.45 bits per heavy atom. The smallest absolute Gasteiger partial charge is 0.405 e. The molecular weight excluding hydrogens is 168 g/mol. The molecule has 0 unspecified atom stereocenters. The molecule has 1 atom stereocenters. The van der Waals surface area contributed by atoms with Crippen LogP contribution in [0.5, 0.6) is 0 Å². The predicted molar refractivity (Wildman–Crippen MR) is 42.9 cm³/mol. The quantitative estimate of drug-likeness (QED) is 0.431. The predicted octanol–water partition coefficient (Wildman–Crippen LogP) is -0.702. The minimum Gasteiger partial charge on any atom is -0.465 e. The van der Waals surface area contributed by atoms with Gasteiger partial charge in [-0.1, -0.05) is 0 Å². The van der Waals surface area contributed by atoms with Gasteiger partial charge in [-0.25, -0.2) is 4.79 Å². The molecule has 0 bridgehead atoms. The SMILES string of the molecule is CNC(=O)[C@H](CS)NC(=O)O. The lowest BCUT2D eigenvalue weighted by molar-refractivity contribution is -0.122. The lowest BCUT2D eigenvalue weighted by Gasteiger charge is -2.11. The third kappa shape index (κ3) is 3.72. The van der Waals surface area contributed by atoms with E-state index in [1.165, 1.54) is 7.05 Å². The van der Waals surface area contributed by atoms with E-state index in [1.807, 2.05) is 5.32 Å². The van der Waals surface area contributed by atoms with Crippen molar-refractivity contribution in [3.8, 4) is 0 Å². The topological polar surface area (TPSA) is 78.4 Å². The maximum absolute atomic E-state index is 10.8. The number of thiol groups is 1. The minimum absolute atomic E-state index is 0.145. The Balaban J connectivity index is 3.94. The summed E-state index contributed by atoms with van der Waals surface area (Å²) in [5.74, 6) is -0.242. The van der Waals surface area contributed by atoms with Crippen LogP contribution in [0.2, 0.25) is 0 Å². The maximum atomic E-state index is 10.8. The summed E-state index contributed by atoms with van der Waals surface area (Å²) in [6.45, 7) is 0. The van der Waals surface area contributed by atoms with Crippen molar-refractivity contribution in [1.29, 1.82) is 0 Å². The molecule has 0 radical (unpaired) electrons. The summed E-state index contributed by atoms with van der Waals surface area (Å²) in [4.78, 5) is 20.9. The molecule has 2 amide bonds. The van der Waals surface area contributed by atoms with Gasteiger partial charge in [-0.2, -0.15) is 12.6 Å². The number of rotatable bonds is 3. The van der Waals surface area contributed by atoms with Crippen LogP contribution in [0.1, 0.15) is 0 Å². The van der Waals surface area contributed by atoms with Crippen molar-refractivity contribution in [1.82, 2.24) is 10.6 Å². The van der Waals surface area contributed by atoms with E-state index in [-0.39, 0.29) is 11.7 Å². The van der Waals surface area contributed by atoms with E-state index in [1.54, 1.807) is 0 Å². The van der Waals surface area contributed by atoms with E-state index in [9.17, 15) is 9.59 Å². The Morgan fingerprint density at radius 1 is 1.64 bits per heavy atom. The van der Waals surface area contributed by atoms with Crippen LogP contribution in [-0.2, 0) is 4.79 Å². The Kier molecular flexibility index (Phi) is 4.44. The third-order valence-corrected chi connectivity index (χ3v) is 1.41. The maximum Gasteiger partial charge on any atom is 0.405 e. The van der Waals surface area contributed by atoms with Crippen LogP contribution < -0.4 is 10.6 Å². The molecule has 0 aliphatic rings. The van der Waals surface area contributed by atoms with Gasteiger partial charge in [-0.05, 0) is 0 Å². The van der Waals surface area contributed by atoms with Gasteiger partial charge in [-0.15, -0.1) is 0 Å². The van der Waals surface area contributed by atoms with E-state index in [2.05, 4.69) is 17.9 Å². The molecule has 6 heteroatoms. The first-order valence-electron chi connectivity index (χ1n) is 2.93. The molecule has 0 aliphatic carbocycles. The molecule has 64 valence electrons. The molecular formula is C5H10N2O3S. The number of hydrogen-bond donors (Lipinski definition) is 4. The summed E-state index contributed by atoms with van der Waals surface area (Å²) < 4.78 is 0. The van der Waals surface area contributed by atoms with Crippen LogP contribution in [0, 0.1) is 0 Å². The van der Waals surface area contributed by atoms with E-state index >= 15 is 0 Å². The van der Waals surface area contributed by atoms with Crippen molar-refractivity contribution in [2.45, 2.75) is 6.04 Å². The molecule has 3 N–H and O–H groups in total. The zero-order valence-electron chi connectivity index (χ0n) is 6.00. The Hall–Kier alpha value is -0.910. The van der Waals surface area contributed by atoms with E-state index < -0.39 is 12.1 Å². The highest BCUT2D eigenvalue weighted by molar-refractivity contribution is 7.80. The molecule has 0 fully saturated rings. The van der Waals surface area contributed by atoms with E-state index in [0.717, 1.165) is 0 Å². The Labute approximate surface area is 69.6 Å². The van der Waals surface area contributed by atoms with Gasteiger partial charge in [-0.3, -0.25) is 4.79 Å².